The van der Waals surface area contributed by atoms with Gasteiger partial charge in [0.25, 0.3) is 0 Å². The first-order chi connectivity index (χ1) is 6.61. The number of aromatic hydroxyl groups is 1. The fourth-order valence-corrected chi connectivity index (χ4v) is 1.59. The van der Waals surface area contributed by atoms with Crippen LogP contribution in [0.4, 0.5) is 4.39 Å². The van der Waals surface area contributed by atoms with Crippen molar-refractivity contribution < 1.29 is 19.3 Å². The molecule has 0 bridgehead atoms. The zero-order valence-electron chi connectivity index (χ0n) is 7.55. The highest BCUT2D eigenvalue weighted by molar-refractivity contribution is 9.10. The minimum Gasteiger partial charge on any atom is -0.504 e. The topological polar surface area (TPSA) is 49.7 Å². The molecule has 0 heterocycles. The van der Waals surface area contributed by atoms with Crippen LogP contribution in [-0.4, -0.2) is 23.9 Å². The van der Waals surface area contributed by atoms with Crippen LogP contribution < -0.4 is 4.74 Å². The van der Waals surface area contributed by atoms with E-state index in [-0.39, 0.29) is 34.6 Å². The van der Waals surface area contributed by atoms with E-state index in [1.165, 1.54) is 13.2 Å². The van der Waals surface area contributed by atoms with E-state index in [1.54, 1.807) is 0 Å². The second-order valence-electron chi connectivity index (χ2n) is 2.68. The number of halogens is 2. The summed E-state index contributed by atoms with van der Waals surface area (Å²) in [7, 11) is 1.38. The number of ether oxygens (including phenoxy) is 1. The van der Waals surface area contributed by atoms with Gasteiger partial charge >= 0.3 is 0 Å². The van der Waals surface area contributed by atoms with Crippen molar-refractivity contribution in [2.45, 2.75) is 6.42 Å². The van der Waals surface area contributed by atoms with Crippen LogP contribution in [0.25, 0.3) is 0 Å². The third-order valence-electron chi connectivity index (χ3n) is 1.83. The van der Waals surface area contributed by atoms with Crippen LogP contribution >= 0.6 is 15.9 Å². The lowest BCUT2D eigenvalue weighted by Crippen LogP contribution is -1.98. The van der Waals surface area contributed by atoms with E-state index in [0.717, 1.165) is 0 Å². The van der Waals surface area contributed by atoms with Crippen LogP contribution in [0, 0.1) is 5.82 Å². The SMILES string of the molecule is COc1cc(Br)c(F)c(CCO)c1O. The molecule has 3 nitrogen and oxygen atoms in total. The maximum Gasteiger partial charge on any atom is 0.164 e. The number of aliphatic hydroxyl groups is 1. The van der Waals surface area contributed by atoms with E-state index in [4.69, 9.17) is 9.84 Å². The fraction of sp³-hybridized carbons (Fsp3) is 0.333. The summed E-state index contributed by atoms with van der Waals surface area (Å²) >= 11 is 2.99. The van der Waals surface area contributed by atoms with E-state index in [0.29, 0.717) is 0 Å². The van der Waals surface area contributed by atoms with E-state index in [9.17, 15) is 9.50 Å². The van der Waals surface area contributed by atoms with Gasteiger partial charge in [-0.15, -0.1) is 0 Å². The van der Waals surface area contributed by atoms with Crippen LogP contribution in [0.2, 0.25) is 0 Å². The highest BCUT2D eigenvalue weighted by Gasteiger charge is 2.16. The van der Waals surface area contributed by atoms with Crippen LogP contribution in [0.5, 0.6) is 11.5 Å². The molecule has 2 N–H and O–H groups in total. The Labute approximate surface area is 89.3 Å². The van der Waals surface area contributed by atoms with Crippen LogP contribution in [0.15, 0.2) is 10.5 Å². The number of aliphatic hydroxyl groups excluding tert-OH is 1. The van der Waals surface area contributed by atoms with Gasteiger partial charge in [0.15, 0.2) is 11.5 Å². The fourth-order valence-electron chi connectivity index (χ4n) is 1.14. The van der Waals surface area contributed by atoms with Gasteiger partial charge in [-0.05, 0) is 15.9 Å². The lowest BCUT2D eigenvalue weighted by Gasteiger charge is -2.10. The Hall–Kier alpha value is -0.810. The molecule has 1 aromatic carbocycles. The molecule has 0 radical (unpaired) electrons. The summed E-state index contributed by atoms with van der Waals surface area (Å²) in [6.45, 7) is -0.232. The highest BCUT2D eigenvalue weighted by atomic mass is 79.9. The summed E-state index contributed by atoms with van der Waals surface area (Å²) in [4.78, 5) is 0. The molecule has 1 aromatic rings. The molecule has 0 unspecified atom stereocenters. The van der Waals surface area contributed by atoms with Gasteiger partial charge in [-0.3, -0.25) is 0 Å². The van der Waals surface area contributed by atoms with Gasteiger partial charge in [0, 0.05) is 24.7 Å². The van der Waals surface area contributed by atoms with E-state index < -0.39 is 5.82 Å². The Balaban J connectivity index is 3.29. The number of hydrogen-bond donors (Lipinski definition) is 2. The van der Waals surface area contributed by atoms with Gasteiger partial charge < -0.3 is 14.9 Å². The molecular formula is C9H10BrFO3. The summed E-state index contributed by atoms with van der Waals surface area (Å²) < 4.78 is 18.4. The summed E-state index contributed by atoms with van der Waals surface area (Å²) in [6.07, 6.45) is 0.0491. The normalized spacial score (nSPS) is 10.3. The summed E-state index contributed by atoms with van der Waals surface area (Å²) in [5.41, 5.74) is 0.0544. The second kappa shape index (κ2) is 4.61. The number of hydrogen-bond acceptors (Lipinski definition) is 3. The Morgan fingerprint density at radius 3 is 2.71 bits per heavy atom. The van der Waals surface area contributed by atoms with Crippen LogP contribution in [-0.2, 0) is 6.42 Å². The van der Waals surface area contributed by atoms with Crippen molar-refractivity contribution in [3.63, 3.8) is 0 Å². The number of rotatable bonds is 3. The Morgan fingerprint density at radius 1 is 1.57 bits per heavy atom. The van der Waals surface area contributed by atoms with Crippen molar-refractivity contribution in [1.82, 2.24) is 0 Å². The highest BCUT2D eigenvalue weighted by Crippen LogP contribution is 2.36. The van der Waals surface area contributed by atoms with E-state index in [1.807, 2.05) is 0 Å². The smallest absolute Gasteiger partial charge is 0.164 e. The molecule has 0 aromatic heterocycles. The minimum atomic E-state index is -0.572. The first-order valence-electron chi connectivity index (χ1n) is 3.96. The molecule has 0 saturated carbocycles. The minimum absolute atomic E-state index is 0.0491. The molecule has 0 aliphatic heterocycles. The summed E-state index contributed by atoms with van der Waals surface area (Å²) in [5, 5.41) is 18.2. The molecule has 0 saturated heterocycles. The van der Waals surface area contributed by atoms with Crippen molar-refractivity contribution in [2.24, 2.45) is 0 Å². The monoisotopic (exact) mass is 264 g/mol. The average molecular weight is 265 g/mol. The molecule has 5 heteroatoms. The largest absolute Gasteiger partial charge is 0.504 e. The van der Waals surface area contributed by atoms with Gasteiger partial charge in [-0.2, -0.15) is 0 Å². The number of phenolic OH excluding ortho intramolecular Hbond substituents is 1. The van der Waals surface area contributed by atoms with E-state index >= 15 is 0 Å². The van der Waals surface area contributed by atoms with Crippen molar-refractivity contribution >= 4 is 15.9 Å². The maximum atomic E-state index is 13.4. The number of benzene rings is 1. The molecule has 1 rings (SSSR count). The predicted octanol–water partition coefficient (Wildman–Crippen LogP) is 1.84. The molecule has 0 spiro atoms. The Morgan fingerprint density at radius 2 is 2.21 bits per heavy atom. The van der Waals surface area contributed by atoms with Gasteiger partial charge in [-0.1, -0.05) is 0 Å². The molecule has 0 atom stereocenters. The molecule has 0 amide bonds. The van der Waals surface area contributed by atoms with Crippen molar-refractivity contribution in [1.29, 1.82) is 0 Å². The second-order valence-corrected chi connectivity index (χ2v) is 3.53. The first-order valence-corrected chi connectivity index (χ1v) is 4.75. The summed E-state index contributed by atoms with van der Waals surface area (Å²) in [6, 6.07) is 1.34. The Kier molecular flexibility index (Phi) is 3.71. The maximum absolute atomic E-state index is 13.4. The molecule has 0 fully saturated rings. The molecular weight excluding hydrogens is 255 g/mol. The zero-order valence-corrected chi connectivity index (χ0v) is 9.14. The van der Waals surface area contributed by atoms with Gasteiger partial charge in [0.2, 0.25) is 0 Å². The standard InChI is InChI=1S/C9H10BrFO3/c1-14-7-4-6(10)8(11)5(2-3-12)9(7)13/h4,12-13H,2-3H2,1H3. The van der Waals surface area contributed by atoms with Crippen molar-refractivity contribution in [3.8, 4) is 11.5 Å². The lowest BCUT2D eigenvalue weighted by molar-refractivity contribution is 0.293. The van der Waals surface area contributed by atoms with Crippen LogP contribution in [0.3, 0.4) is 0 Å². The zero-order chi connectivity index (χ0) is 10.7. The van der Waals surface area contributed by atoms with Gasteiger partial charge in [0.1, 0.15) is 5.82 Å². The molecule has 78 valence electrons. The Bertz CT molecular complexity index is 341. The third kappa shape index (κ3) is 1.99. The number of methoxy groups -OCH3 is 1. The average Bonchev–Trinajstić information content (AvgIpc) is 2.18. The molecule has 14 heavy (non-hydrogen) atoms. The third-order valence-corrected chi connectivity index (χ3v) is 2.41. The quantitative estimate of drug-likeness (QED) is 0.876. The predicted molar refractivity (Wildman–Crippen MR) is 53.1 cm³/mol. The lowest BCUT2D eigenvalue weighted by atomic mass is 10.1. The molecule has 0 aliphatic rings. The molecule has 0 aliphatic carbocycles. The van der Waals surface area contributed by atoms with Crippen molar-refractivity contribution in [2.75, 3.05) is 13.7 Å². The van der Waals surface area contributed by atoms with E-state index in [2.05, 4.69) is 15.9 Å². The van der Waals surface area contributed by atoms with Crippen molar-refractivity contribution in [3.05, 3.63) is 21.9 Å². The first kappa shape index (κ1) is 11.3. The summed E-state index contributed by atoms with van der Waals surface area (Å²) in [5.74, 6) is -0.652. The van der Waals surface area contributed by atoms with Crippen LogP contribution in [0.1, 0.15) is 5.56 Å². The number of phenols is 1. The van der Waals surface area contributed by atoms with Gasteiger partial charge in [-0.25, -0.2) is 4.39 Å². The van der Waals surface area contributed by atoms with Gasteiger partial charge in [0.05, 0.1) is 11.6 Å².